The van der Waals surface area contributed by atoms with Gasteiger partial charge in [0.1, 0.15) is 0 Å². The zero-order chi connectivity index (χ0) is 9.19. The molecule has 0 aromatic heterocycles. The quantitative estimate of drug-likeness (QED) is 0.665. The minimum atomic E-state index is -4.12. The van der Waals surface area contributed by atoms with E-state index >= 15 is 0 Å². The first-order chi connectivity index (χ1) is 5.49. The molecule has 0 radical (unpaired) electrons. The average molecular weight is 183 g/mol. The van der Waals surface area contributed by atoms with Crippen molar-refractivity contribution < 1.29 is 17.9 Å². The van der Waals surface area contributed by atoms with Crippen LogP contribution in [0.2, 0.25) is 0 Å². The SMILES string of the molecule is NC1CCOCC1CC(F)(F)F. The second kappa shape index (κ2) is 3.62. The maximum absolute atomic E-state index is 11.9. The van der Waals surface area contributed by atoms with E-state index < -0.39 is 18.5 Å². The molecule has 0 saturated carbocycles. The van der Waals surface area contributed by atoms with Crippen LogP contribution in [0.15, 0.2) is 0 Å². The minimum absolute atomic E-state index is 0.140. The van der Waals surface area contributed by atoms with Crippen molar-refractivity contribution >= 4 is 0 Å². The molecule has 2 nitrogen and oxygen atoms in total. The summed E-state index contributed by atoms with van der Waals surface area (Å²) in [6, 6.07) is -0.361. The van der Waals surface area contributed by atoms with Crippen LogP contribution in [-0.2, 0) is 4.74 Å². The summed E-state index contributed by atoms with van der Waals surface area (Å²) >= 11 is 0. The highest BCUT2D eigenvalue weighted by Gasteiger charge is 2.35. The third kappa shape index (κ3) is 2.98. The summed E-state index contributed by atoms with van der Waals surface area (Å²) in [5.74, 6) is -0.557. The smallest absolute Gasteiger partial charge is 0.381 e. The fourth-order valence-electron chi connectivity index (χ4n) is 1.32. The Labute approximate surface area is 68.9 Å². The number of rotatable bonds is 1. The van der Waals surface area contributed by atoms with Crippen molar-refractivity contribution in [2.75, 3.05) is 13.2 Å². The molecule has 1 rings (SSSR count). The second-order valence-electron chi connectivity index (χ2n) is 3.11. The Hall–Kier alpha value is -0.290. The van der Waals surface area contributed by atoms with Gasteiger partial charge >= 0.3 is 6.18 Å². The number of hydrogen-bond donors (Lipinski definition) is 1. The third-order valence-electron chi connectivity index (χ3n) is 2.03. The van der Waals surface area contributed by atoms with Crippen molar-refractivity contribution in [3.05, 3.63) is 0 Å². The highest BCUT2D eigenvalue weighted by molar-refractivity contribution is 4.78. The van der Waals surface area contributed by atoms with E-state index in [9.17, 15) is 13.2 Å². The fraction of sp³-hybridized carbons (Fsp3) is 1.00. The van der Waals surface area contributed by atoms with Gasteiger partial charge in [-0.3, -0.25) is 0 Å². The maximum Gasteiger partial charge on any atom is 0.389 e. The Bertz CT molecular complexity index is 148. The molecule has 72 valence electrons. The molecule has 1 saturated heterocycles. The normalized spacial score (nSPS) is 32.0. The standard InChI is InChI=1S/C7H12F3NO/c8-7(9,10)3-5-4-12-2-1-6(5)11/h5-6H,1-4,11H2. The van der Waals surface area contributed by atoms with Crippen LogP contribution < -0.4 is 5.73 Å². The molecule has 0 spiro atoms. The number of nitrogens with two attached hydrogens (primary N) is 1. The number of alkyl halides is 3. The lowest BCUT2D eigenvalue weighted by molar-refractivity contribution is -0.154. The van der Waals surface area contributed by atoms with Crippen molar-refractivity contribution in [2.45, 2.75) is 25.1 Å². The van der Waals surface area contributed by atoms with Crippen LogP contribution in [-0.4, -0.2) is 25.4 Å². The lowest BCUT2D eigenvalue weighted by atomic mass is 9.93. The topological polar surface area (TPSA) is 35.2 Å². The van der Waals surface area contributed by atoms with E-state index in [1.807, 2.05) is 0 Å². The third-order valence-corrected chi connectivity index (χ3v) is 2.03. The molecule has 2 N–H and O–H groups in total. The summed E-state index contributed by atoms with van der Waals surface area (Å²) in [6.07, 6.45) is -4.42. The van der Waals surface area contributed by atoms with Crippen LogP contribution in [0.3, 0.4) is 0 Å². The van der Waals surface area contributed by atoms with Crippen LogP contribution in [0, 0.1) is 5.92 Å². The van der Waals surface area contributed by atoms with Crippen LogP contribution in [0.5, 0.6) is 0 Å². The molecular weight excluding hydrogens is 171 g/mol. The first-order valence-corrected chi connectivity index (χ1v) is 3.89. The molecule has 1 aliphatic heterocycles. The predicted molar refractivity (Wildman–Crippen MR) is 37.6 cm³/mol. The van der Waals surface area contributed by atoms with E-state index in [1.54, 1.807) is 0 Å². The Morgan fingerprint density at radius 1 is 1.42 bits per heavy atom. The van der Waals surface area contributed by atoms with Crippen molar-refractivity contribution in [3.63, 3.8) is 0 Å². The van der Waals surface area contributed by atoms with E-state index in [-0.39, 0.29) is 12.6 Å². The number of halogens is 3. The molecule has 5 heteroatoms. The van der Waals surface area contributed by atoms with Gasteiger partial charge in [-0.25, -0.2) is 0 Å². The second-order valence-corrected chi connectivity index (χ2v) is 3.11. The van der Waals surface area contributed by atoms with E-state index in [4.69, 9.17) is 10.5 Å². The number of hydrogen-bond acceptors (Lipinski definition) is 2. The molecule has 1 heterocycles. The first kappa shape index (κ1) is 9.80. The zero-order valence-corrected chi connectivity index (χ0v) is 6.60. The van der Waals surface area contributed by atoms with Gasteiger partial charge in [0.2, 0.25) is 0 Å². The van der Waals surface area contributed by atoms with Crippen molar-refractivity contribution in [3.8, 4) is 0 Å². The highest BCUT2D eigenvalue weighted by atomic mass is 19.4. The Morgan fingerprint density at radius 3 is 2.58 bits per heavy atom. The van der Waals surface area contributed by atoms with E-state index in [1.165, 1.54) is 0 Å². The summed E-state index contributed by atoms with van der Waals surface area (Å²) in [6.45, 7) is 0.621. The molecule has 1 aliphatic rings. The summed E-state index contributed by atoms with van der Waals surface area (Å²) < 4.78 is 40.6. The Balaban J connectivity index is 2.39. The molecule has 0 bridgehead atoms. The van der Waals surface area contributed by atoms with Gasteiger partial charge in [0.05, 0.1) is 6.61 Å². The van der Waals surface area contributed by atoms with Gasteiger partial charge in [-0.15, -0.1) is 0 Å². The van der Waals surface area contributed by atoms with Gasteiger partial charge in [-0.2, -0.15) is 13.2 Å². The predicted octanol–water partition coefficient (Wildman–Crippen LogP) is 1.30. The largest absolute Gasteiger partial charge is 0.389 e. The van der Waals surface area contributed by atoms with Gasteiger partial charge in [0.15, 0.2) is 0 Å². The molecule has 12 heavy (non-hydrogen) atoms. The molecule has 2 unspecified atom stereocenters. The van der Waals surface area contributed by atoms with E-state index in [0.29, 0.717) is 13.0 Å². The fourth-order valence-corrected chi connectivity index (χ4v) is 1.32. The van der Waals surface area contributed by atoms with Gasteiger partial charge < -0.3 is 10.5 Å². The van der Waals surface area contributed by atoms with Gasteiger partial charge in [0.25, 0.3) is 0 Å². The van der Waals surface area contributed by atoms with E-state index in [2.05, 4.69) is 0 Å². The molecule has 0 amide bonds. The lowest BCUT2D eigenvalue weighted by Crippen LogP contribution is -2.40. The van der Waals surface area contributed by atoms with Gasteiger partial charge in [0, 0.05) is 25.0 Å². The molecule has 0 aliphatic carbocycles. The van der Waals surface area contributed by atoms with Crippen LogP contribution in [0.1, 0.15) is 12.8 Å². The average Bonchev–Trinajstić information content (AvgIpc) is 1.91. The number of ether oxygens (including phenoxy) is 1. The van der Waals surface area contributed by atoms with Crippen LogP contribution >= 0.6 is 0 Å². The van der Waals surface area contributed by atoms with Crippen molar-refractivity contribution in [2.24, 2.45) is 11.7 Å². The van der Waals surface area contributed by atoms with Crippen molar-refractivity contribution in [1.29, 1.82) is 0 Å². The Kier molecular flexibility index (Phi) is 2.95. The van der Waals surface area contributed by atoms with Crippen LogP contribution in [0.4, 0.5) is 13.2 Å². The maximum atomic E-state index is 11.9. The summed E-state index contributed by atoms with van der Waals surface area (Å²) in [7, 11) is 0. The summed E-state index contributed by atoms with van der Waals surface area (Å²) in [4.78, 5) is 0. The summed E-state index contributed by atoms with van der Waals surface area (Å²) in [5.41, 5.74) is 5.51. The molecule has 0 aromatic carbocycles. The molecule has 2 atom stereocenters. The van der Waals surface area contributed by atoms with Gasteiger partial charge in [-0.1, -0.05) is 0 Å². The summed E-state index contributed by atoms with van der Waals surface area (Å²) in [5, 5.41) is 0. The first-order valence-electron chi connectivity index (χ1n) is 3.89. The van der Waals surface area contributed by atoms with Crippen molar-refractivity contribution in [1.82, 2.24) is 0 Å². The van der Waals surface area contributed by atoms with Crippen LogP contribution in [0.25, 0.3) is 0 Å². The molecular formula is C7H12F3NO. The van der Waals surface area contributed by atoms with Gasteiger partial charge in [-0.05, 0) is 6.42 Å². The highest BCUT2D eigenvalue weighted by Crippen LogP contribution is 2.28. The van der Waals surface area contributed by atoms with E-state index in [0.717, 1.165) is 0 Å². The molecule has 1 fully saturated rings. The lowest BCUT2D eigenvalue weighted by Gasteiger charge is -2.29. The Morgan fingerprint density at radius 2 is 2.08 bits per heavy atom. The minimum Gasteiger partial charge on any atom is -0.381 e. The zero-order valence-electron chi connectivity index (χ0n) is 6.60. The molecule has 0 aromatic rings. The monoisotopic (exact) mass is 183 g/mol.